The average molecular weight is 267 g/mol. The van der Waals surface area contributed by atoms with Crippen molar-refractivity contribution in [3.63, 3.8) is 0 Å². The fraction of sp³-hybridized carbons (Fsp3) is 0.533. The van der Waals surface area contributed by atoms with Gasteiger partial charge in [-0.25, -0.2) is 8.78 Å². The van der Waals surface area contributed by atoms with Crippen molar-refractivity contribution in [2.75, 3.05) is 14.1 Å². The monoisotopic (exact) mass is 267 g/mol. The molecule has 0 aliphatic heterocycles. The number of carbonyl (C=O) groups is 1. The summed E-state index contributed by atoms with van der Waals surface area (Å²) >= 11 is 0. The van der Waals surface area contributed by atoms with E-state index in [1.165, 1.54) is 12.1 Å². The second-order valence-corrected chi connectivity index (χ2v) is 5.46. The Kier molecular flexibility index (Phi) is 4.30. The van der Waals surface area contributed by atoms with E-state index in [0.29, 0.717) is 24.5 Å². The lowest BCUT2D eigenvalue weighted by molar-refractivity contribution is -0.121. The molecule has 2 nitrogen and oxygen atoms in total. The van der Waals surface area contributed by atoms with Gasteiger partial charge in [-0.3, -0.25) is 4.79 Å². The van der Waals surface area contributed by atoms with Crippen molar-refractivity contribution in [2.45, 2.75) is 31.7 Å². The highest BCUT2D eigenvalue weighted by Crippen LogP contribution is 2.36. The first-order valence-corrected chi connectivity index (χ1v) is 6.62. The number of hydrogen-bond acceptors (Lipinski definition) is 2. The van der Waals surface area contributed by atoms with E-state index in [4.69, 9.17) is 0 Å². The molecule has 0 radical (unpaired) electrons. The van der Waals surface area contributed by atoms with E-state index in [-0.39, 0.29) is 6.04 Å². The first kappa shape index (κ1) is 14.1. The van der Waals surface area contributed by atoms with Crippen LogP contribution in [0.1, 0.15) is 37.3 Å². The van der Waals surface area contributed by atoms with Gasteiger partial charge in [0.1, 0.15) is 5.78 Å². The summed E-state index contributed by atoms with van der Waals surface area (Å²) in [6.45, 7) is 0. The van der Waals surface area contributed by atoms with Crippen LogP contribution in [0.4, 0.5) is 8.78 Å². The Balaban J connectivity index is 2.24. The number of carbonyl (C=O) groups excluding carboxylic acids is 1. The second kappa shape index (κ2) is 5.78. The number of benzene rings is 1. The molecule has 4 heteroatoms. The molecule has 2 rings (SSSR count). The third kappa shape index (κ3) is 3.18. The van der Waals surface area contributed by atoms with Crippen LogP contribution >= 0.6 is 0 Å². The highest BCUT2D eigenvalue weighted by molar-refractivity contribution is 5.79. The lowest BCUT2D eigenvalue weighted by Gasteiger charge is -2.34. The summed E-state index contributed by atoms with van der Waals surface area (Å²) in [6.07, 6.45) is 2.83. The van der Waals surface area contributed by atoms with Gasteiger partial charge in [-0.15, -0.1) is 0 Å². The molecule has 1 fully saturated rings. The maximum atomic E-state index is 13.4. The Hall–Kier alpha value is -1.29. The minimum Gasteiger partial charge on any atom is -0.302 e. The maximum Gasteiger partial charge on any atom is 0.159 e. The Labute approximate surface area is 112 Å². The maximum absolute atomic E-state index is 13.4. The molecule has 19 heavy (non-hydrogen) atoms. The van der Waals surface area contributed by atoms with Crippen LogP contribution in [-0.2, 0) is 4.79 Å². The molecule has 1 unspecified atom stereocenters. The lowest BCUT2D eigenvalue weighted by Crippen LogP contribution is -2.30. The van der Waals surface area contributed by atoms with Gasteiger partial charge in [0, 0.05) is 18.9 Å². The summed E-state index contributed by atoms with van der Waals surface area (Å²) in [5, 5.41) is 0. The zero-order chi connectivity index (χ0) is 14.0. The van der Waals surface area contributed by atoms with Crippen LogP contribution in [0.2, 0.25) is 0 Å². The van der Waals surface area contributed by atoms with Crippen molar-refractivity contribution < 1.29 is 13.6 Å². The predicted octanol–water partition coefficient (Wildman–Crippen LogP) is 3.33. The molecule has 1 aromatic carbocycles. The van der Waals surface area contributed by atoms with Crippen molar-refractivity contribution in [1.82, 2.24) is 4.90 Å². The fourth-order valence-corrected chi connectivity index (χ4v) is 2.97. The van der Waals surface area contributed by atoms with Gasteiger partial charge in [0.25, 0.3) is 0 Å². The van der Waals surface area contributed by atoms with Gasteiger partial charge in [0.15, 0.2) is 11.6 Å². The molecule has 0 amide bonds. The summed E-state index contributed by atoms with van der Waals surface area (Å²) < 4.78 is 26.4. The summed E-state index contributed by atoms with van der Waals surface area (Å²) in [6, 6.07) is 4.12. The molecule has 104 valence electrons. The van der Waals surface area contributed by atoms with E-state index >= 15 is 0 Å². The van der Waals surface area contributed by atoms with E-state index < -0.39 is 11.6 Å². The standard InChI is InChI=1S/C15H19F2NO/c1-18(2)15(10-3-6-12(19)7-4-10)11-5-8-13(16)14(17)9-11/h5,8-10,15H,3-4,6-7H2,1-2H3. The van der Waals surface area contributed by atoms with Gasteiger partial charge in [-0.1, -0.05) is 6.07 Å². The van der Waals surface area contributed by atoms with Crippen molar-refractivity contribution in [3.05, 3.63) is 35.4 Å². The first-order valence-electron chi connectivity index (χ1n) is 6.62. The Morgan fingerprint density at radius 3 is 2.32 bits per heavy atom. The van der Waals surface area contributed by atoms with E-state index in [9.17, 15) is 13.6 Å². The SMILES string of the molecule is CN(C)C(c1ccc(F)c(F)c1)C1CCC(=O)CC1. The van der Waals surface area contributed by atoms with Crippen LogP contribution in [-0.4, -0.2) is 24.8 Å². The van der Waals surface area contributed by atoms with Crippen LogP contribution in [0, 0.1) is 17.6 Å². The molecular formula is C15H19F2NO. The number of hydrogen-bond donors (Lipinski definition) is 0. The number of halogens is 2. The van der Waals surface area contributed by atoms with Gasteiger partial charge in [0.05, 0.1) is 0 Å². The largest absolute Gasteiger partial charge is 0.302 e. The number of Topliss-reactive ketones (excluding diaryl/α,β-unsaturated/α-hetero) is 1. The molecule has 0 bridgehead atoms. The van der Waals surface area contributed by atoms with Gasteiger partial charge in [0.2, 0.25) is 0 Å². The quantitative estimate of drug-likeness (QED) is 0.837. The normalized spacial score (nSPS) is 18.9. The molecule has 1 aliphatic rings. The molecule has 0 saturated heterocycles. The Bertz CT molecular complexity index is 463. The molecule has 1 aliphatic carbocycles. The topological polar surface area (TPSA) is 20.3 Å². The zero-order valence-electron chi connectivity index (χ0n) is 11.3. The third-order valence-corrected chi connectivity index (χ3v) is 3.88. The molecule has 0 heterocycles. The van der Waals surface area contributed by atoms with Crippen molar-refractivity contribution in [3.8, 4) is 0 Å². The van der Waals surface area contributed by atoms with Crippen LogP contribution < -0.4 is 0 Å². The molecule has 1 aromatic rings. The molecule has 0 aromatic heterocycles. The molecule has 1 saturated carbocycles. The molecular weight excluding hydrogens is 248 g/mol. The summed E-state index contributed by atoms with van der Waals surface area (Å²) in [7, 11) is 3.87. The fourth-order valence-electron chi connectivity index (χ4n) is 2.97. The van der Waals surface area contributed by atoms with Crippen molar-refractivity contribution in [2.24, 2.45) is 5.92 Å². The van der Waals surface area contributed by atoms with Crippen LogP contribution in [0.15, 0.2) is 18.2 Å². The minimum atomic E-state index is -0.819. The van der Waals surface area contributed by atoms with Gasteiger partial charge < -0.3 is 4.90 Å². The molecule has 0 N–H and O–H groups in total. The lowest BCUT2D eigenvalue weighted by atomic mass is 9.80. The van der Waals surface area contributed by atoms with Crippen LogP contribution in [0.5, 0.6) is 0 Å². The van der Waals surface area contributed by atoms with Crippen LogP contribution in [0.3, 0.4) is 0 Å². The summed E-state index contributed by atoms with van der Waals surface area (Å²) in [5.74, 6) is -1.01. The molecule has 1 atom stereocenters. The predicted molar refractivity (Wildman–Crippen MR) is 69.8 cm³/mol. The molecule has 0 spiro atoms. The van der Waals surface area contributed by atoms with Crippen molar-refractivity contribution >= 4 is 5.78 Å². The highest BCUT2D eigenvalue weighted by atomic mass is 19.2. The second-order valence-electron chi connectivity index (χ2n) is 5.46. The van der Waals surface area contributed by atoms with E-state index in [2.05, 4.69) is 0 Å². The van der Waals surface area contributed by atoms with Crippen LogP contribution in [0.25, 0.3) is 0 Å². The van der Waals surface area contributed by atoms with E-state index in [1.54, 1.807) is 6.07 Å². The highest BCUT2D eigenvalue weighted by Gasteiger charge is 2.29. The Morgan fingerprint density at radius 2 is 1.79 bits per heavy atom. The van der Waals surface area contributed by atoms with Gasteiger partial charge in [-0.2, -0.15) is 0 Å². The van der Waals surface area contributed by atoms with Gasteiger partial charge >= 0.3 is 0 Å². The number of rotatable bonds is 3. The number of ketones is 1. The summed E-state index contributed by atoms with van der Waals surface area (Å²) in [5.41, 5.74) is 0.781. The first-order chi connectivity index (χ1) is 8.99. The van der Waals surface area contributed by atoms with Crippen molar-refractivity contribution in [1.29, 1.82) is 0 Å². The summed E-state index contributed by atoms with van der Waals surface area (Å²) in [4.78, 5) is 13.3. The minimum absolute atomic E-state index is 0.0307. The van der Waals surface area contributed by atoms with Gasteiger partial charge in [-0.05, 0) is 50.6 Å². The average Bonchev–Trinajstić information content (AvgIpc) is 2.36. The third-order valence-electron chi connectivity index (χ3n) is 3.88. The van der Waals surface area contributed by atoms with E-state index in [0.717, 1.165) is 18.4 Å². The zero-order valence-corrected chi connectivity index (χ0v) is 11.3. The smallest absolute Gasteiger partial charge is 0.159 e. The number of nitrogens with zero attached hydrogens (tertiary/aromatic N) is 1. The van der Waals surface area contributed by atoms with E-state index in [1.807, 2.05) is 19.0 Å². The Morgan fingerprint density at radius 1 is 1.16 bits per heavy atom.